The summed E-state index contributed by atoms with van der Waals surface area (Å²) >= 11 is 7.68. The molecule has 90 valence electrons. The van der Waals surface area contributed by atoms with Gasteiger partial charge in [0.2, 0.25) is 0 Å². The SMILES string of the molecule is CNC(c1ccc(Cl)s1)C1CCC(N)CC1. The summed E-state index contributed by atoms with van der Waals surface area (Å²) in [6.07, 6.45) is 4.76. The van der Waals surface area contributed by atoms with Gasteiger partial charge in [0.1, 0.15) is 0 Å². The molecule has 1 atom stereocenters. The van der Waals surface area contributed by atoms with Crippen molar-refractivity contribution in [1.29, 1.82) is 0 Å². The third-order valence-electron chi connectivity index (χ3n) is 3.50. The van der Waals surface area contributed by atoms with Crippen LogP contribution >= 0.6 is 22.9 Å². The van der Waals surface area contributed by atoms with Crippen LogP contribution in [0, 0.1) is 5.92 Å². The highest BCUT2D eigenvalue weighted by atomic mass is 35.5. The van der Waals surface area contributed by atoms with Crippen LogP contribution in [0.4, 0.5) is 0 Å². The van der Waals surface area contributed by atoms with Crippen LogP contribution in [0.15, 0.2) is 12.1 Å². The maximum atomic E-state index is 5.99. The van der Waals surface area contributed by atoms with E-state index < -0.39 is 0 Å². The fraction of sp³-hybridized carbons (Fsp3) is 0.667. The summed E-state index contributed by atoms with van der Waals surface area (Å²) in [7, 11) is 2.03. The molecular formula is C12H19ClN2S. The Hall–Kier alpha value is -0.0900. The molecular weight excluding hydrogens is 240 g/mol. The molecule has 0 spiro atoms. The van der Waals surface area contributed by atoms with E-state index in [9.17, 15) is 0 Å². The van der Waals surface area contributed by atoms with Crippen molar-refractivity contribution in [2.24, 2.45) is 11.7 Å². The molecule has 0 bridgehead atoms. The quantitative estimate of drug-likeness (QED) is 0.874. The number of nitrogens with two attached hydrogens (primary N) is 1. The molecule has 2 nitrogen and oxygen atoms in total. The van der Waals surface area contributed by atoms with Gasteiger partial charge in [-0.05, 0) is 50.8 Å². The Kier molecular flexibility index (Phi) is 4.25. The van der Waals surface area contributed by atoms with Gasteiger partial charge in [-0.25, -0.2) is 0 Å². The first-order chi connectivity index (χ1) is 7.70. The lowest BCUT2D eigenvalue weighted by Gasteiger charge is -2.32. The van der Waals surface area contributed by atoms with Crippen molar-refractivity contribution in [3.05, 3.63) is 21.3 Å². The lowest BCUT2D eigenvalue weighted by atomic mass is 9.81. The van der Waals surface area contributed by atoms with Gasteiger partial charge in [-0.15, -0.1) is 11.3 Å². The van der Waals surface area contributed by atoms with Crippen LogP contribution in [0.25, 0.3) is 0 Å². The van der Waals surface area contributed by atoms with Crippen LogP contribution < -0.4 is 11.1 Å². The summed E-state index contributed by atoms with van der Waals surface area (Å²) < 4.78 is 0.878. The number of nitrogens with one attached hydrogen (secondary N) is 1. The topological polar surface area (TPSA) is 38.0 Å². The van der Waals surface area contributed by atoms with E-state index in [1.54, 1.807) is 11.3 Å². The molecule has 0 saturated heterocycles. The average molecular weight is 259 g/mol. The summed E-state index contributed by atoms with van der Waals surface area (Å²) in [5.74, 6) is 0.708. The molecule has 0 aromatic carbocycles. The number of hydrogen-bond donors (Lipinski definition) is 2. The predicted octanol–water partition coefficient (Wildman–Crippen LogP) is 3.18. The molecule has 1 aliphatic rings. The van der Waals surface area contributed by atoms with Gasteiger partial charge in [0.25, 0.3) is 0 Å². The summed E-state index contributed by atoms with van der Waals surface area (Å²) in [6.45, 7) is 0. The van der Waals surface area contributed by atoms with Crippen LogP contribution in [0.3, 0.4) is 0 Å². The van der Waals surface area contributed by atoms with Crippen molar-refractivity contribution >= 4 is 22.9 Å². The first-order valence-corrected chi connectivity index (χ1v) is 7.08. The molecule has 1 aromatic rings. The van der Waals surface area contributed by atoms with E-state index in [2.05, 4.69) is 11.4 Å². The Balaban J connectivity index is 2.05. The Labute approximate surface area is 106 Å². The summed E-state index contributed by atoms with van der Waals surface area (Å²) in [4.78, 5) is 1.35. The van der Waals surface area contributed by atoms with E-state index in [1.807, 2.05) is 13.1 Å². The molecule has 3 N–H and O–H groups in total. The molecule has 1 unspecified atom stereocenters. The zero-order valence-electron chi connectivity index (χ0n) is 9.58. The summed E-state index contributed by atoms with van der Waals surface area (Å²) in [5, 5.41) is 3.43. The van der Waals surface area contributed by atoms with Gasteiger partial charge < -0.3 is 11.1 Å². The van der Waals surface area contributed by atoms with Gasteiger partial charge in [0, 0.05) is 17.0 Å². The van der Waals surface area contributed by atoms with Crippen molar-refractivity contribution in [1.82, 2.24) is 5.32 Å². The Morgan fingerprint density at radius 3 is 2.56 bits per heavy atom. The van der Waals surface area contributed by atoms with E-state index >= 15 is 0 Å². The molecule has 1 aliphatic carbocycles. The third kappa shape index (κ3) is 2.77. The standard InChI is InChI=1S/C12H19ClN2S/c1-15-12(10-6-7-11(13)16-10)8-2-4-9(14)5-3-8/h6-9,12,15H,2-5,14H2,1H3. The second-order valence-corrected chi connectivity index (χ2v) is 6.33. The van der Waals surface area contributed by atoms with Crippen LogP contribution in [0.5, 0.6) is 0 Å². The molecule has 0 amide bonds. The average Bonchev–Trinajstić information content (AvgIpc) is 2.69. The van der Waals surface area contributed by atoms with Crippen LogP contribution in [0.2, 0.25) is 4.34 Å². The van der Waals surface area contributed by atoms with Crippen molar-refractivity contribution in [2.75, 3.05) is 7.05 Å². The molecule has 1 saturated carbocycles. The number of thiophene rings is 1. The number of halogens is 1. The minimum Gasteiger partial charge on any atom is -0.328 e. The lowest BCUT2D eigenvalue weighted by molar-refractivity contribution is 0.265. The van der Waals surface area contributed by atoms with Crippen molar-refractivity contribution < 1.29 is 0 Å². The smallest absolute Gasteiger partial charge is 0.0931 e. The van der Waals surface area contributed by atoms with Gasteiger partial charge in [0.15, 0.2) is 0 Å². The lowest BCUT2D eigenvalue weighted by Crippen LogP contribution is -2.32. The highest BCUT2D eigenvalue weighted by Crippen LogP contribution is 2.37. The molecule has 1 heterocycles. The molecule has 0 aliphatic heterocycles. The zero-order chi connectivity index (χ0) is 11.5. The maximum absolute atomic E-state index is 5.99. The monoisotopic (exact) mass is 258 g/mol. The van der Waals surface area contributed by atoms with Gasteiger partial charge >= 0.3 is 0 Å². The second kappa shape index (κ2) is 5.50. The van der Waals surface area contributed by atoms with E-state index in [1.165, 1.54) is 17.7 Å². The molecule has 16 heavy (non-hydrogen) atoms. The Morgan fingerprint density at radius 2 is 2.06 bits per heavy atom. The Bertz CT molecular complexity index is 332. The first-order valence-electron chi connectivity index (χ1n) is 5.88. The zero-order valence-corrected chi connectivity index (χ0v) is 11.2. The van der Waals surface area contributed by atoms with Gasteiger partial charge in [-0.1, -0.05) is 11.6 Å². The first kappa shape index (κ1) is 12.4. The molecule has 2 rings (SSSR count). The predicted molar refractivity (Wildman–Crippen MR) is 71.1 cm³/mol. The van der Waals surface area contributed by atoms with Crippen molar-refractivity contribution in [2.45, 2.75) is 37.8 Å². The second-order valence-electron chi connectivity index (χ2n) is 4.58. The highest BCUT2D eigenvalue weighted by Gasteiger charge is 2.27. The molecule has 1 aromatic heterocycles. The molecule has 1 fully saturated rings. The third-order valence-corrected chi connectivity index (χ3v) is 4.81. The fourth-order valence-corrected chi connectivity index (χ4v) is 3.85. The van der Waals surface area contributed by atoms with Gasteiger partial charge in [-0.3, -0.25) is 0 Å². The molecule has 0 radical (unpaired) electrons. The fourth-order valence-electron chi connectivity index (χ4n) is 2.58. The van der Waals surface area contributed by atoms with Crippen LogP contribution in [-0.2, 0) is 0 Å². The Morgan fingerprint density at radius 1 is 1.38 bits per heavy atom. The van der Waals surface area contributed by atoms with Gasteiger partial charge in [0.05, 0.1) is 4.34 Å². The van der Waals surface area contributed by atoms with Crippen LogP contribution in [-0.4, -0.2) is 13.1 Å². The minimum absolute atomic E-state index is 0.417. The number of rotatable bonds is 3. The maximum Gasteiger partial charge on any atom is 0.0931 e. The van der Waals surface area contributed by atoms with E-state index in [4.69, 9.17) is 17.3 Å². The van der Waals surface area contributed by atoms with Gasteiger partial charge in [-0.2, -0.15) is 0 Å². The van der Waals surface area contributed by atoms with E-state index in [-0.39, 0.29) is 0 Å². The number of hydrogen-bond acceptors (Lipinski definition) is 3. The largest absolute Gasteiger partial charge is 0.328 e. The summed E-state index contributed by atoms with van der Waals surface area (Å²) in [5.41, 5.74) is 5.94. The molecule has 4 heteroatoms. The van der Waals surface area contributed by atoms with E-state index in [0.29, 0.717) is 18.0 Å². The minimum atomic E-state index is 0.417. The van der Waals surface area contributed by atoms with Crippen molar-refractivity contribution in [3.8, 4) is 0 Å². The highest BCUT2D eigenvalue weighted by molar-refractivity contribution is 7.16. The van der Waals surface area contributed by atoms with Crippen LogP contribution in [0.1, 0.15) is 36.6 Å². The summed E-state index contributed by atoms with van der Waals surface area (Å²) in [6, 6.07) is 4.99. The normalized spacial score (nSPS) is 27.9. The van der Waals surface area contributed by atoms with E-state index in [0.717, 1.165) is 17.2 Å². The van der Waals surface area contributed by atoms with Crippen molar-refractivity contribution in [3.63, 3.8) is 0 Å².